The Morgan fingerprint density at radius 1 is 0.932 bits per heavy atom. The van der Waals surface area contributed by atoms with Crippen LogP contribution in [-0.4, -0.2) is 46.7 Å². The maximum absolute atomic E-state index is 13.8. The number of carbonyl (C=O) groups excluding carboxylic acids is 2. The van der Waals surface area contributed by atoms with E-state index in [1.54, 1.807) is 20.8 Å². The predicted molar refractivity (Wildman–Crippen MR) is 163 cm³/mol. The van der Waals surface area contributed by atoms with Gasteiger partial charge >= 0.3 is 12.1 Å². The second-order valence-corrected chi connectivity index (χ2v) is 11.5. The van der Waals surface area contributed by atoms with E-state index in [0.29, 0.717) is 25.1 Å². The second-order valence-electron chi connectivity index (χ2n) is 11.5. The molecule has 1 saturated heterocycles. The number of aliphatic carboxylic acids is 1. The first-order valence-corrected chi connectivity index (χ1v) is 14.3. The third-order valence-corrected chi connectivity index (χ3v) is 6.84. The van der Waals surface area contributed by atoms with Crippen LogP contribution in [0.3, 0.4) is 0 Å². The zero-order valence-electron chi connectivity index (χ0n) is 25.2. The van der Waals surface area contributed by atoms with Crippen molar-refractivity contribution in [2.75, 3.05) is 24.1 Å². The fraction of sp³-hybridized carbons (Fsp3) is 0.469. The number of nitrogens with one attached hydrogen (secondary N) is 1. The number of piperidine rings is 1. The van der Waals surface area contributed by atoms with Gasteiger partial charge in [0.2, 0.25) is 5.91 Å². The molecule has 1 saturated carbocycles. The van der Waals surface area contributed by atoms with Crippen LogP contribution in [0.15, 0.2) is 36.4 Å². The number of carboxylic acid groups (broad SMARTS) is 1. The summed E-state index contributed by atoms with van der Waals surface area (Å²) in [6, 6.07) is 7.68. The van der Waals surface area contributed by atoms with Gasteiger partial charge in [0.25, 0.3) is 0 Å². The van der Waals surface area contributed by atoms with Crippen LogP contribution in [0.4, 0.5) is 36.3 Å². The molecule has 1 unspecified atom stereocenters. The smallest absolute Gasteiger partial charge is 0.410 e. The standard InChI is InChI=1S/C18H22FN3O3.C7H5FN2.C7H12O2/c1-18(2,3)25-17(24)22-9-5-6-12(11-22)16(23)21-15-10-13(20-4)7-8-14(15)19;1-10-5-2-3-6(8)7(9)4-5;8-7(9)6-4-2-1-3-5-6/h7-8,10,12H,5-6,9,11H2,1-3H3,(H,21,23);2-4H,9H2;6H,1-5H2,(H,8,9). The lowest BCUT2D eigenvalue weighted by Gasteiger charge is -2.33. The molecule has 4 rings (SSSR count). The Balaban J connectivity index is 0.000000288. The summed E-state index contributed by atoms with van der Waals surface area (Å²) in [5.41, 5.74) is 5.18. The highest BCUT2D eigenvalue weighted by Gasteiger charge is 2.31. The van der Waals surface area contributed by atoms with Gasteiger partial charge in [0.1, 0.15) is 17.2 Å². The number of carboxylic acids is 1. The number of nitrogens with two attached hydrogens (primary N) is 1. The molecule has 0 spiro atoms. The van der Waals surface area contributed by atoms with Crippen molar-refractivity contribution in [2.24, 2.45) is 11.8 Å². The molecule has 2 aromatic carbocycles. The molecule has 2 aromatic rings. The van der Waals surface area contributed by atoms with Crippen LogP contribution in [-0.2, 0) is 14.3 Å². The molecule has 1 heterocycles. The van der Waals surface area contributed by atoms with E-state index < -0.39 is 35.2 Å². The molecule has 2 aliphatic rings. The normalized spacial score (nSPS) is 16.4. The Bertz CT molecular complexity index is 1390. The average Bonchev–Trinajstić information content (AvgIpc) is 3.00. The van der Waals surface area contributed by atoms with E-state index in [1.165, 1.54) is 41.7 Å². The number of ether oxygens (including phenoxy) is 1. The van der Waals surface area contributed by atoms with Crippen molar-refractivity contribution >= 4 is 40.7 Å². The number of halogens is 2. The van der Waals surface area contributed by atoms with Crippen molar-refractivity contribution in [2.45, 2.75) is 71.3 Å². The van der Waals surface area contributed by atoms with Gasteiger partial charge in [0, 0.05) is 13.1 Å². The highest BCUT2D eigenvalue weighted by atomic mass is 19.1. The Morgan fingerprint density at radius 3 is 2.02 bits per heavy atom. The van der Waals surface area contributed by atoms with Crippen LogP contribution >= 0.6 is 0 Å². The molecule has 44 heavy (non-hydrogen) atoms. The molecule has 1 atom stereocenters. The van der Waals surface area contributed by atoms with E-state index in [0.717, 1.165) is 31.7 Å². The van der Waals surface area contributed by atoms with E-state index in [1.807, 2.05) is 0 Å². The van der Waals surface area contributed by atoms with Crippen LogP contribution in [0.2, 0.25) is 0 Å². The number of hydrogen-bond acceptors (Lipinski definition) is 5. The topological polar surface area (TPSA) is 131 Å². The average molecular weight is 612 g/mol. The summed E-state index contributed by atoms with van der Waals surface area (Å²) >= 11 is 0. The number of benzene rings is 2. The van der Waals surface area contributed by atoms with E-state index >= 15 is 0 Å². The van der Waals surface area contributed by atoms with Gasteiger partial charge in [-0.25, -0.2) is 23.3 Å². The lowest BCUT2D eigenvalue weighted by molar-refractivity contribution is -0.142. The second kappa shape index (κ2) is 16.8. The van der Waals surface area contributed by atoms with Crippen LogP contribution < -0.4 is 11.1 Å². The zero-order chi connectivity index (χ0) is 32.9. The summed E-state index contributed by atoms with van der Waals surface area (Å²) in [4.78, 5) is 42.8. The molecule has 4 N–H and O–H groups in total. The van der Waals surface area contributed by atoms with Crippen molar-refractivity contribution in [1.82, 2.24) is 4.90 Å². The highest BCUT2D eigenvalue weighted by Crippen LogP contribution is 2.25. The quantitative estimate of drug-likeness (QED) is 0.242. The first kappa shape index (κ1) is 35.5. The van der Waals surface area contributed by atoms with Crippen LogP contribution in [0.1, 0.15) is 65.7 Å². The molecule has 2 amide bonds. The van der Waals surface area contributed by atoms with E-state index in [-0.39, 0.29) is 35.4 Å². The Kier molecular flexibility index (Phi) is 13.6. The first-order valence-electron chi connectivity index (χ1n) is 14.3. The lowest BCUT2D eigenvalue weighted by Crippen LogP contribution is -2.45. The molecule has 12 heteroatoms. The number of carbonyl (C=O) groups is 3. The monoisotopic (exact) mass is 611 g/mol. The van der Waals surface area contributed by atoms with Gasteiger partial charge in [-0.05, 0) is 70.7 Å². The van der Waals surface area contributed by atoms with Gasteiger partial charge in [0.05, 0.1) is 36.4 Å². The molecule has 1 aliphatic carbocycles. The summed E-state index contributed by atoms with van der Waals surface area (Å²) in [5.74, 6) is -2.52. The number of nitrogens with zero attached hydrogens (tertiary/aromatic N) is 3. The summed E-state index contributed by atoms with van der Waals surface area (Å²) in [5, 5.41) is 11.1. The molecule has 1 aliphatic heterocycles. The number of likely N-dealkylation sites (tertiary alicyclic amines) is 1. The van der Waals surface area contributed by atoms with Crippen LogP contribution in [0.5, 0.6) is 0 Å². The summed E-state index contributed by atoms with van der Waals surface area (Å²) < 4.78 is 31.6. The minimum absolute atomic E-state index is 0.0205. The Hall–Kier alpha value is -4.71. The SMILES string of the molecule is O=C(O)C1CCCCC1.[C-]#[N+]c1ccc(F)c(N)c1.[C-]#[N+]c1ccc(F)c(NC(=O)C2CCCN(C(=O)OC(C)(C)C)C2)c1. The molecule has 2 fully saturated rings. The van der Waals surface area contributed by atoms with Crippen molar-refractivity contribution in [3.05, 3.63) is 70.9 Å². The van der Waals surface area contributed by atoms with Gasteiger partial charge in [-0.3, -0.25) is 9.59 Å². The zero-order valence-corrected chi connectivity index (χ0v) is 25.2. The first-order chi connectivity index (χ1) is 20.7. The Labute approximate surface area is 256 Å². The fourth-order valence-electron chi connectivity index (χ4n) is 4.55. The fourth-order valence-corrected chi connectivity index (χ4v) is 4.55. The van der Waals surface area contributed by atoms with E-state index in [2.05, 4.69) is 15.0 Å². The number of rotatable bonds is 3. The van der Waals surface area contributed by atoms with Gasteiger partial charge in [0.15, 0.2) is 11.4 Å². The summed E-state index contributed by atoms with van der Waals surface area (Å²) in [6.07, 6.45) is 6.06. The lowest BCUT2D eigenvalue weighted by atomic mass is 9.90. The minimum Gasteiger partial charge on any atom is -0.481 e. The predicted octanol–water partition coefficient (Wildman–Crippen LogP) is 7.57. The molecule has 236 valence electrons. The third kappa shape index (κ3) is 11.9. The molecule has 0 bridgehead atoms. The molecule has 0 aromatic heterocycles. The van der Waals surface area contributed by atoms with E-state index in [9.17, 15) is 23.2 Å². The van der Waals surface area contributed by atoms with Gasteiger partial charge < -0.3 is 25.8 Å². The van der Waals surface area contributed by atoms with Crippen molar-refractivity contribution in [3.63, 3.8) is 0 Å². The molecular weight excluding hydrogens is 572 g/mol. The van der Waals surface area contributed by atoms with Gasteiger partial charge in [-0.2, -0.15) is 0 Å². The molecule has 10 nitrogen and oxygen atoms in total. The molecule has 0 radical (unpaired) electrons. The summed E-state index contributed by atoms with van der Waals surface area (Å²) in [7, 11) is 0. The third-order valence-electron chi connectivity index (χ3n) is 6.84. The maximum Gasteiger partial charge on any atom is 0.410 e. The van der Waals surface area contributed by atoms with Crippen molar-refractivity contribution in [3.8, 4) is 0 Å². The van der Waals surface area contributed by atoms with Gasteiger partial charge in [-0.15, -0.1) is 0 Å². The Morgan fingerprint density at radius 2 is 1.50 bits per heavy atom. The van der Waals surface area contributed by atoms with Crippen LogP contribution in [0, 0.1) is 36.6 Å². The van der Waals surface area contributed by atoms with Crippen molar-refractivity contribution < 1.29 is 33.0 Å². The van der Waals surface area contributed by atoms with Crippen LogP contribution in [0.25, 0.3) is 9.69 Å². The van der Waals surface area contributed by atoms with E-state index in [4.69, 9.17) is 28.7 Å². The number of anilines is 2. The van der Waals surface area contributed by atoms with Gasteiger partial charge in [-0.1, -0.05) is 31.4 Å². The van der Waals surface area contributed by atoms with Crippen molar-refractivity contribution in [1.29, 1.82) is 0 Å². The summed E-state index contributed by atoms with van der Waals surface area (Å²) in [6.45, 7) is 19.6. The minimum atomic E-state index is -0.602. The maximum atomic E-state index is 13.8. The number of hydrogen-bond donors (Lipinski definition) is 3. The number of amides is 2. The number of nitrogen functional groups attached to an aromatic ring is 1. The molecular formula is C32H39F2N5O5. The highest BCUT2D eigenvalue weighted by molar-refractivity contribution is 5.93. The largest absolute Gasteiger partial charge is 0.481 e.